The van der Waals surface area contributed by atoms with E-state index in [1.165, 1.54) is 153 Å². The molecule has 458 valence electrons. The molecule has 0 N–H and O–H groups in total. The number of carbonyl (C=O) groups is 4. The molecule has 0 saturated heterocycles. The SMILES string of the molecule is CCCCCCCCCCCCCCCC(=O)OCC(COC(=O)CCCCCCCCCCCCCCC)OC(=O)CCCCCCCCCCC(C)(C)CC(=O)OC[N+]1(C)CCC=C(c2nsnc2OCCCCCC)C1. The molecule has 1 aliphatic rings. The lowest BCUT2D eigenvalue weighted by Gasteiger charge is -2.36. The lowest BCUT2D eigenvalue weighted by atomic mass is 9.83. The summed E-state index contributed by atoms with van der Waals surface area (Å²) in [5.41, 5.74) is 1.82. The van der Waals surface area contributed by atoms with Crippen molar-refractivity contribution < 1.29 is 47.3 Å². The molecule has 0 spiro atoms. The first-order valence-electron chi connectivity index (χ1n) is 33.0. The summed E-state index contributed by atoms with van der Waals surface area (Å²) in [4.78, 5) is 51.6. The fourth-order valence-electron chi connectivity index (χ4n) is 10.7. The van der Waals surface area contributed by atoms with Crippen LogP contribution in [-0.2, 0) is 38.1 Å². The lowest BCUT2D eigenvalue weighted by molar-refractivity contribution is -0.919. The van der Waals surface area contributed by atoms with Crippen LogP contribution in [0.25, 0.3) is 5.57 Å². The Morgan fingerprint density at radius 3 is 1.38 bits per heavy atom. The Kier molecular flexibility index (Phi) is 44.2. The standard InChI is InChI=1S/C66H120N3O9S/c1-7-10-13-16-18-20-22-24-26-28-32-36-40-47-60(70)75-55-59(56-76-61(71)48-41-37-33-29-27-25-23-21-19-17-14-11-8-2)78-62(72)49-42-38-34-30-31-35-39-43-50-66(4,5)53-63(73)77-57-69(6)51-45-46-58(54-69)64-65(68-79-67-64)74-52-44-15-12-9-3/h46,59H,7-45,47-57H2,1-6H3/q+1. The van der Waals surface area contributed by atoms with E-state index < -0.39 is 6.10 Å². The van der Waals surface area contributed by atoms with Crippen molar-refractivity contribution in [2.24, 2.45) is 5.41 Å². The van der Waals surface area contributed by atoms with Crippen LogP contribution in [0.4, 0.5) is 0 Å². The number of hydrogen-bond donors (Lipinski definition) is 0. The normalized spacial score (nSPS) is 14.6. The Hall–Kier alpha value is -3.06. The third-order valence-corrected chi connectivity index (χ3v) is 16.4. The Morgan fingerprint density at radius 2 is 0.924 bits per heavy atom. The van der Waals surface area contributed by atoms with Crippen molar-refractivity contribution in [3.8, 4) is 5.88 Å². The Balaban J connectivity index is 1.63. The quantitative estimate of drug-likeness (QED) is 0.0266. The van der Waals surface area contributed by atoms with E-state index in [0.717, 1.165) is 140 Å². The Morgan fingerprint density at radius 1 is 0.519 bits per heavy atom. The van der Waals surface area contributed by atoms with Gasteiger partial charge < -0.3 is 23.7 Å². The van der Waals surface area contributed by atoms with Crippen LogP contribution >= 0.6 is 11.7 Å². The van der Waals surface area contributed by atoms with E-state index in [2.05, 4.69) is 56.5 Å². The molecule has 1 aromatic heterocycles. The maximum Gasteiger partial charge on any atom is 0.310 e. The van der Waals surface area contributed by atoms with Crippen LogP contribution in [0, 0.1) is 5.41 Å². The minimum absolute atomic E-state index is 0.0993. The number of nitrogens with zero attached hydrogens (tertiary/aromatic N) is 3. The summed E-state index contributed by atoms with van der Waals surface area (Å²) in [6.45, 7) is 13.5. The molecular formula is C66H120N3O9S+. The number of ether oxygens (including phenoxy) is 5. The van der Waals surface area contributed by atoms with E-state index in [0.29, 0.717) is 43.0 Å². The first-order chi connectivity index (χ1) is 38.4. The van der Waals surface area contributed by atoms with E-state index in [1.807, 2.05) is 0 Å². The van der Waals surface area contributed by atoms with Crippen molar-refractivity contribution in [2.75, 3.05) is 46.7 Å². The number of carbonyl (C=O) groups excluding carboxylic acids is 4. The van der Waals surface area contributed by atoms with Gasteiger partial charge in [0.1, 0.15) is 25.5 Å². The summed E-state index contributed by atoms with van der Waals surface area (Å²) in [5, 5.41) is 0. The molecular weight excluding hydrogens is 1010 g/mol. The van der Waals surface area contributed by atoms with Gasteiger partial charge in [-0.25, -0.2) is 0 Å². The molecule has 0 aromatic carbocycles. The largest absolute Gasteiger partial charge is 0.475 e. The topological polar surface area (TPSA) is 140 Å². The van der Waals surface area contributed by atoms with Gasteiger partial charge in [0.15, 0.2) is 6.10 Å². The smallest absolute Gasteiger partial charge is 0.310 e. The molecule has 0 aliphatic carbocycles. The number of esters is 4. The first-order valence-corrected chi connectivity index (χ1v) is 33.8. The van der Waals surface area contributed by atoms with Crippen molar-refractivity contribution in [1.82, 2.24) is 8.75 Å². The van der Waals surface area contributed by atoms with Gasteiger partial charge in [0.2, 0.25) is 6.73 Å². The Bertz CT molecular complexity index is 1660. The summed E-state index contributed by atoms with van der Waals surface area (Å²) >= 11 is 1.19. The van der Waals surface area contributed by atoms with Crippen molar-refractivity contribution >= 4 is 41.2 Å². The molecule has 0 bridgehead atoms. The van der Waals surface area contributed by atoms with Crippen molar-refractivity contribution in [3.05, 3.63) is 11.8 Å². The van der Waals surface area contributed by atoms with Gasteiger partial charge in [0.25, 0.3) is 5.88 Å². The van der Waals surface area contributed by atoms with Gasteiger partial charge in [-0.05, 0) is 37.5 Å². The molecule has 13 heteroatoms. The number of rotatable bonds is 55. The van der Waals surface area contributed by atoms with E-state index in [4.69, 9.17) is 23.7 Å². The highest BCUT2D eigenvalue weighted by Crippen LogP contribution is 2.32. The summed E-state index contributed by atoms with van der Waals surface area (Å²) in [7, 11) is 2.15. The lowest BCUT2D eigenvalue weighted by Crippen LogP contribution is -2.49. The van der Waals surface area contributed by atoms with Crippen LogP contribution in [0.3, 0.4) is 0 Å². The third-order valence-electron chi connectivity index (χ3n) is 15.9. The average molecular weight is 1130 g/mol. The number of aromatic nitrogens is 2. The molecule has 1 aliphatic heterocycles. The van der Waals surface area contributed by atoms with E-state index >= 15 is 0 Å². The van der Waals surface area contributed by atoms with E-state index in [-0.39, 0.29) is 48.9 Å². The van der Waals surface area contributed by atoms with Gasteiger partial charge >= 0.3 is 23.9 Å². The predicted molar refractivity (Wildman–Crippen MR) is 326 cm³/mol. The van der Waals surface area contributed by atoms with E-state index in [1.54, 1.807) is 0 Å². The van der Waals surface area contributed by atoms with Crippen LogP contribution in [0.5, 0.6) is 5.88 Å². The maximum absolute atomic E-state index is 13.1. The molecule has 0 fully saturated rings. The fraction of sp³-hybridized carbons (Fsp3) is 0.879. The average Bonchev–Trinajstić information content (AvgIpc) is 3.96. The van der Waals surface area contributed by atoms with Crippen LogP contribution < -0.4 is 4.74 Å². The molecule has 0 saturated carbocycles. The predicted octanol–water partition coefficient (Wildman–Crippen LogP) is 18.5. The summed E-state index contributed by atoms with van der Waals surface area (Å²) in [5.74, 6) is -0.444. The highest BCUT2D eigenvalue weighted by Gasteiger charge is 2.32. The van der Waals surface area contributed by atoms with Gasteiger partial charge in [-0.1, -0.05) is 259 Å². The van der Waals surface area contributed by atoms with E-state index in [9.17, 15) is 19.2 Å². The van der Waals surface area contributed by atoms with Crippen molar-refractivity contribution in [3.63, 3.8) is 0 Å². The highest BCUT2D eigenvalue weighted by molar-refractivity contribution is 6.99. The fourth-order valence-corrected chi connectivity index (χ4v) is 11.2. The monoisotopic (exact) mass is 1130 g/mol. The second kappa shape index (κ2) is 48.5. The summed E-state index contributed by atoms with van der Waals surface area (Å²) in [6.07, 6.45) is 49.8. The molecule has 1 unspecified atom stereocenters. The van der Waals surface area contributed by atoms with Crippen LogP contribution in [-0.4, -0.2) is 89.9 Å². The first kappa shape index (κ1) is 72.0. The zero-order chi connectivity index (χ0) is 57.3. The molecule has 1 atom stereocenters. The van der Waals surface area contributed by atoms with Gasteiger partial charge in [-0.15, -0.1) is 4.37 Å². The molecule has 0 radical (unpaired) electrons. The van der Waals surface area contributed by atoms with Gasteiger partial charge in [0.05, 0.1) is 38.3 Å². The number of unbranched alkanes of at least 4 members (excludes halogenated alkanes) is 34. The third kappa shape index (κ3) is 40.7. The molecule has 12 nitrogen and oxygen atoms in total. The number of quaternary nitrogens is 1. The summed E-state index contributed by atoms with van der Waals surface area (Å²) in [6, 6.07) is 0. The van der Waals surface area contributed by atoms with Gasteiger partial charge in [-0.3, -0.25) is 23.7 Å². The van der Waals surface area contributed by atoms with Crippen LogP contribution in [0.1, 0.15) is 323 Å². The minimum Gasteiger partial charge on any atom is -0.475 e. The minimum atomic E-state index is -0.808. The van der Waals surface area contributed by atoms with Crippen LogP contribution in [0.15, 0.2) is 6.08 Å². The van der Waals surface area contributed by atoms with Crippen LogP contribution in [0.2, 0.25) is 0 Å². The summed E-state index contributed by atoms with van der Waals surface area (Å²) < 4.78 is 38.5. The number of likely N-dealkylation sites (N-methyl/N-ethyl adjacent to an activating group) is 1. The maximum atomic E-state index is 13.1. The molecule has 79 heavy (non-hydrogen) atoms. The highest BCUT2D eigenvalue weighted by atomic mass is 32.1. The molecule has 2 rings (SSSR count). The Labute approximate surface area is 488 Å². The zero-order valence-corrected chi connectivity index (χ0v) is 52.8. The number of hydrogen-bond acceptors (Lipinski definition) is 12. The van der Waals surface area contributed by atoms with Gasteiger partial charge in [-0.2, -0.15) is 4.37 Å². The van der Waals surface area contributed by atoms with Gasteiger partial charge in [0, 0.05) is 31.3 Å². The van der Waals surface area contributed by atoms with Crippen molar-refractivity contribution in [2.45, 2.75) is 323 Å². The zero-order valence-electron chi connectivity index (χ0n) is 51.9. The second-order valence-electron chi connectivity index (χ2n) is 24.6. The molecule has 2 heterocycles. The molecule has 0 amide bonds. The van der Waals surface area contributed by atoms with Crippen molar-refractivity contribution in [1.29, 1.82) is 0 Å². The molecule has 1 aromatic rings. The second-order valence-corrected chi connectivity index (χ2v) is 25.2.